The Balaban J connectivity index is 1.51. The van der Waals surface area contributed by atoms with Crippen LogP contribution in [0.25, 0.3) is 22.4 Å². The number of carbonyl (C=O) groups excluding carboxylic acids is 1. The zero-order valence-electron chi connectivity index (χ0n) is 21.1. The van der Waals surface area contributed by atoms with Crippen molar-refractivity contribution in [2.75, 3.05) is 0 Å². The fraction of sp³-hybridized carbons (Fsp3) is 0.480. The third kappa shape index (κ3) is 5.17. The molecule has 1 aliphatic rings. The topological polar surface area (TPSA) is 122 Å². The van der Waals surface area contributed by atoms with Gasteiger partial charge < -0.3 is 15.0 Å². The second kappa shape index (κ2) is 10.1. The molecule has 13 heteroatoms. The van der Waals surface area contributed by atoms with E-state index in [1.165, 1.54) is 17.5 Å². The Bertz CT molecular complexity index is 1460. The maximum atomic E-state index is 13.1. The summed E-state index contributed by atoms with van der Waals surface area (Å²) < 4.78 is 41.3. The van der Waals surface area contributed by atoms with Gasteiger partial charge in [-0.3, -0.25) is 14.9 Å². The number of alkyl halides is 3. The van der Waals surface area contributed by atoms with Crippen molar-refractivity contribution in [3.63, 3.8) is 0 Å². The van der Waals surface area contributed by atoms with Gasteiger partial charge in [-0.1, -0.05) is 13.8 Å². The SMILES string of the molecule is Cc1cnc(C(=O)NC2CCC[C@H](n3c(CC(C)C)nc4cnc(-c5cc(C(F)(F)F)[nH]n5)cc43)[C@H]2O)s1. The molecule has 1 aliphatic carbocycles. The van der Waals surface area contributed by atoms with Crippen molar-refractivity contribution in [2.24, 2.45) is 5.92 Å². The van der Waals surface area contributed by atoms with Gasteiger partial charge in [-0.25, -0.2) is 9.97 Å². The molecule has 1 amide bonds. The number of aromatic nitrogens is 6. The summed E-state index contributed by atoms with van der Waals surface area (Å²) in [5.74, 6) is 0.692. The maximum Gasteiger partial charge on any atom is 0.432 e. The van der Waals surface area contributed by atoms with E-state index in [9.17, 15) is 23.1 Å². The van der Waals surface area contributed by atoms with Crippen LogP contribution in [0, 0.1) is 12.8 Å². The lowest BCUT2D eigenvalue weighted by molar-refractivity contribution is -0.141. The largest absolute Gasteiger partial charge is 0.432 e. The van der Waals surface area contributed by atoms with Crippen LogP contribution < -0.4 is 5.32 Å². The van der Waals surface area contributed by atoms with Gasteiger partial charge in [0.1, 0.15) is 22.7 Å². The lowest BCUT2D eigenvalue weighted by atomic mass is 9.87. The number of nitrogens with zero attached hydrogens (tertiary/aromatic N) is 5. The Hall–Kier alpha value is -3.32. The van der Waals surface area contributed by atoms with E-state index < -0.39 is 30.1 Å². The van der Waals surface area contributed by atoms with Gasteiger partial charge in [-0.2, -0.15) is 18.3 Å². The first-order valence-electron chi connectivity index (χ1n) is 12.4. The van der Waals surface area contributed by atoms with Gasteiger partial charge in [0.15, 0.2) is 5.01 Å². The molecule has 1 fully saturated rings. The lowest BCUT2D eigenvalue weighted by Crippen LogP contribution is -2.49. The van der Waals surface area contributed by atoms with Crippen LogP contribution in [-0.2, 0) is 12.6 Å². The molecule has 1 saturated carbocycles. The van der Waals surface area contributed by atoms with Gasteiger partial charge >= 0.3 is 6.18 Å². The molecule has 4 aromatic rings. The van der Waals surface area contributed by atoms with Crippen molar-refractivity contribution in [1.82, 2.24) is 35.0 Å². The van der Waals surface area contributed by atoms with Gasteiger partial charge in [0.25, 0.3) is 5.91 Å². The molecule has 0 saturated heterocycles. The second-order valence-electron chi connectivity index (χ2n) is 10.1. The van der Waals surface area contributed by atoms with Gasteiger partial charge in [-0.05, 0) is 44.2 Å². The number of rotatable bonds is 6. The number of nitrogens with one attached hydrogen (secondary N) is 2. The molecule has 1 unspecified atom stereocenters. The molecule has 4 aromatic heterocycles. The van der Waals surface area contributed by atoms with E-state index in [2.05, 4.69) is 34.2 Å². The van der Waals surface area contributed by atoms with Crippen LogP contribution in [0.2, 0.25) is 0 Å². The normalized spacial score (nSPS) is 20.4. The summed E-state index contributed by atoms with van der Waals surface area (Å²) in [7, 11) is 0. The molecule has 5 rings (SSSR count). The minimum absolute atomic E-state index is 0.0606. The first-order valence-corrected chi connectivity index (χ1v) is 13.2. The van der Waals surface area contributed by atoms with E-state index in [1.54, 1.807) is 12.3 Å². The van der Waals surface area contributed by atoms with E-state index in [1.807, 2.05) is 16.6 Å². The summed E-state index contributed by atoms with van der Waals surface area (Å²) in [5.41, 5.74) is 0.586. The number of aryl methyl sites for hydroxylation is 1. The highest BCUT2D eigenvalue weighted by molar-refractivity contribution is 7.13. The quantitative estimate of drug-likeness (QED) is 0.322. The van der Waals surface area contributed by atoms with Gasteiger partial charge in [0.2, 0.25) is 0 Å². The van der Waals surface area contributed by atoms with Crippen molar-refractivity contribution in [3.05, 3.63) is 45.9 Å². The highest BCUT2D eigenvalue weighted by atomic mass is 32.1. The molecule has 0 aromatic carbocycles. The van der Waals surface area contributed by atoms with Crippen LogP contribution in [-0.4, -0.2) is 52.9 Å². The first kappa shape index (κ1) is 26.3. The third-order valence-corrected chi connectivity index (χ3v) is 7.58. The van der Waals surface area contributed by atoms with E-state index in [0.717, 1.165) is 23.2 Å². The predicted molar refractivity (Wildman–Crippen MR) is 136 cm³/mol. The average Bonchev–Trinajstić information content (AvgIpc) is 3.58. The number of thiazole rings is 1. The lowest BCUT2D eigenvalue weighted by Gasteiger charge is -2.37. The maximum absolute atomic E-state index is 13.1. The van der Waals surface area contributed by atoms with Gasteiger partial charge in [0.05, 0.1) is 35.6 Å². The van der Waals surface area contributed by atoms with Crippen LogP contribution in [0.1, 0.15) is 65.3 Å². The Morgan fingerprint density at radius 3 is 2.68 bits per heavy atom. The first-order chi connectivity index (χ1) is 18.0. The number of amides is 1. The van der Waals surface area contributed by atoms with Crippen LogP contribution in [0.5, 0.6) is 0 Å². The Morgan fingerprint density at radius 1 is 1.24 bits per heavy atom. The zero-order chi connectivity index (χ0) is 27.2. The molecule has 202 valence electrons. The number of pyridine rings is 1. The number of aliphatic hydroxyl groups is 1. The molecule has 0 bridgehead atoms. The molecule has 3 N–H and O–H groups in total. The van der Waals surface area contributed by atoms with Crippen LogP contribution in [0.3, 0.4) is 0 Å². The molecule has 0 aliphatic heterocycles. The molecular formula is C25H28F3N7O2S. The van der Waals surface area contributed by atoms with Gasteiger partial charge in [0, 0.05) is 17.5 Å². The smallest absolute Gasteiger partial charge is 0.389 e. The van der Waals surface area contributed by atoms with Gasteiger partial charge in [-0.15, -0.1) is 11.3 Å². The average molecular weight is 548 g/mol. The second-order valence-corrected chi connectivity index (χ2v) is 11.3. The summed E-state index contributed by atoms with van der Waals surface area (Å²) in [5, 5.41) is 20.6. The van der Waals surface area contributed by atoms with Crippen molar-refractivity contribution < 1.29 is 23.1 Å². The van der Waals surface area contributed by atoms with E-state index in [4.69, 9.17) is 4.98 Å². The summed E-state index contributed by atoms with van der Waals surface area (Å²) in [6.45, 7) is 5.99. The number of fused-ring (bicyclic) bond motifs is 1. The highest BCUT2D eigenvalue weighted by Crippen LogP contribution is 2.36. The van der Waals surface area contributed by atoms with E-state index >= 15 is 0 Å². The molecule has 0 radical (unpaired) electrons. The molecule has 9 nitrogen and oxygen atoms in total. The highest BCUT2D eigenvalue weighted by Gasteiger charge is 2.37. The summed E-state index contributed by atoms with van der Waals surface area (Å²) in [4.78, 5) is 26.9. The van der Waals surface area contributed by atoms with Crippen molar-refractivity contribution in [1.29, 1.82) is 0 Å². The number of imidazole rings is 1. The van der Waals surface area contributed by atoms with Crippen molar-refractivity contribution in [3.8, 4) is 11.4 Å². The molecule has 0 spiro atoms. The third-order valence-electron chi connectivity index (χ3n) is 6.67. The van der Waals surface area contributed by atoms with E-state index in [0.29, 0.717) is 35.3 Å². The Labute approximate surface area is 220 Å². The standard InChI is InChI=1S/C25H28F3N7O2S/c1-12(2)7-21-31-17-11-29-15(16-9-20(34-33-16)25(26,27)28)8-19(17)35(21)18-6-4-5-14(22(18)36)32-23(37)24-30-10-13(3)38-24/h8-12,14,18,22,36H,4-7H2,1-3H3,(H,32,37)(H,33,34)/t14?,18-,22-/m0/s1. The number of carbonyl (C=O) groups is 1. The molecule has 4 heterocycles. The van der Waals surface area contributed by atoms with Crippen molar-refractivity contribution >= 4 is 28.3 Å². The minimum Gasteiger partial charge on any atom is -0.389 e. The van der Waals surface area contributed by atoms with Crippen LogP contribution in [0.15, 0.2) is 24.5 Å². The number of hydrogen-bond acceptors (Lipinski definition) is 7. The number of halogens is 3. The number of hydrogen-bond donors (Lipinski definition) is 3. The number of H-pyrrole nitrogens is 1. The fourth-order valence-electron chi connectivity index (χ4n) is 4.95. The van der Waals surface area contributed by atoms with Crippen LogP contribution in [0.4, 0.5) is 13.2 Å². The fourth-order valence-corrected chi connectivity index (χ4v) is 5.62. The van der Waals surface area contributed by atoms with E-state index in [-0.39, 0.29) is 23.2 Å². The zero-order valence-corrected chi connectivity index (χ0v) is 21.9. The summed E-state index contributed by atoms with van der Waals surface area (Å²) in [6.07, 6.45) is 0.351. The predicted octanol–water partition coefficient (Wildman–Crippen LogP) is 4.69. The number of aliphatic hydroxyl groups excluding tert-OH is 1. The molecule has 3 atom stereocenters. The van der Waals surface area contributed by atoms with Crippen molar-refractivity contribution in [2.45, 2.75) is 70.8 Å². The van der Waals surface area contributed by atoms with Crippen LogP contribution >= 0.6 is 11.3 Å². The monoisotopic (exact) mass is 547 g/mol. The summed E-state index contributed by atoms with van der Waals surface area (Å²) in [6, 6.07) is 1.70. The Morgan fingerprint density at radius 2 is 2.03 bits per heavy atom. The number of aromatic amines is 1. The summed E-state index contributed by atoms with van der Waals surface area (Å²) >= 11 is 1.29. The minimum atomic E-state index is -4.55. The Kier molecular flexibility index (Phi) is 6.99. The molecular weight excluding hydrogens is 519 g/mol. The molecule has 38 heavy (non-hydrogen) atoms.